The number of benzene rings is 2. The smallest absolute Gasteiger partial charge is 0.125 e. The first-order valence-electron chi connectivity index (χ1n) is 4.82. The van der Waals surface area contributed by atoms with E-state index >= 15 is 0 Å². The molecule has 82 valence electrons. The molecule has 1 heterocycles. The molecular weight excluding hydrogens is 381 g/mol. The maximum absolute atomic E-state index is 9.83. The molecule has 3 aromatic rings. The van der Waals surface area contributed by atoms with E-state index in [1.54, 1.807) is 12.3 Å². The van der Waals surface area contributed by atoms with Gasteiger partial charge in [0.05, 0.1) is 5.52 Å². The van der Waals surface area contributed by atoms with E-state index in [0.29, 0.717) is 0 Å². The van der Waals surface area contributed by atoms with Crippen molar-refractivity contribution in [3.63, 3.8) is 0 Å². The Morgan fingerprint density at radius 3 is 2.50 bits per heavy atom. The fraction of sp³-hybridized carbons (Fsp3) is 0. The third-order valence-corrected chi connectivity index (χ3v) is 2.59. The van der Waals surface area contributed by atoms with E-state index in [-0.39, 0.29) is 26.8 Å². The van der Waals surface area contributed by atoms with Crippen LogP contribution in [0.2, 0.25) is 0 Å². The van der Waals surface area contributed by atoms with Crippen molar-refractivity contribution in [2.24, 2.45) is 0 Å². The van der Waals surface area contributed by atoms with Crippen LogP contribution in [0.1, 0.15) is 0 Å². The average Bonchev–Trinajstić information content (AvgIpc) is 2.29. The van der Waals surface area contributed by atoms with Crippen LogP contribution in [0.4, 0.5) is 0 Å². The minimum absolute atomic E-state index is 0. The van der Waals surface area contributed by atoms with Gasteiger partial charge < -0.3 is 5.11 Å². The Kier molecular flexibility index (Phi) is 2.93. The number of aromatic nitrogens is 1. The first-order chi connectivity index (χ1) is 7.36. The van der Waals surface area contributed by atoms with Crippen LogP contribution in [0.3, 0.4) is 0 Å². The number of phenolic OH excluding ortho intramolecular Hbond substituents is 1. The summed E-state index contributed by atoms with van der Waals surface area (Å²) in [6, 6.07) is 13.4. The zero-order valence-corrected chi connectivity index (χ0v) is 10.6. The van der Waals surface area contributed by atoms with Crippen molar-refractivity contribution in [1.82, 2.24) is 4.98 Å². The van der Waals surface area contributed by atoms with Gasteiger partial charge in [-0.15, -0.1) is 0 Å². The van der Waals surface area contributed by atoms with Crippen LogP contribution < -0.4 is 0 Å². The molecule has 1 aromatic heterocycles. The van der Waals surface area contributed by atoms with Gasteiger partial charge in [0, 0.05) is 38.0 Å². The zero-order chi connectivity index (χ0) is 10.3. The largest absolute Gasteiger partial charge is 0.507 e. The minimum Gasteiger partial charge on any atom is -0.507 e. The standard InChI is InChI=1S/C13H9NO.Pt/c15-11-5-1-3-9-6-7-10-4-2-8-14-13(10)12(9)11;/h1-8,15H;. The Balaban J connectivity index is 0.000000963. The molecule has 0 unspecified atom stereocenters. The van der Waals surface area contributed by atoms with Gasteiger partial charge in [-0.25, -0.2) is 0 Å². The van der Waals surface area contributed by atoms with Crippen molar-refractivity contribution in [2.75, 3.05) is 0 Å². The molecule has 0 saturated carbocycles. The fourth-order valence-corrected chi connectivity index (χ4v) is 1.90. The quantitative estimate of drug-likeness (QED) is 0.599. The average molecular weight is 390 g/mol. The zero-order valence-electron chi connectivity index (χ0n) is 8.33. The van der Waals surface area contributed by atoms with Crippen molar-refractivity contribution >= 4 is 21.7 Å². The molecule has 0 bridgehead atoms. The number of phenols is 1. The van der Waals surface area contributed by atoms with E-state index < -0.39 is 0 Å². The van der Waals surface area contributed by atoms with Crippen LogP contribution in [0, 0.1) is 0 Å². The van der Waals surface area contributed by atoms with Gasteiger partial charge in [0.2, 0.25) is 0 Å². The monoisotopic (exact) mass is 390 g/mol. The Morgan fingerprint density at radius 1 is 0.875 bits per heavy atom. The third-order valence-electron chi connectivity index (χ3n) is 2.59. The topological polar surface area (TPSA) is 33.1 Å². The molecule has 3 rings (SSSR count). The van der Waals surface area contributed by atoms with Crippen molar-refractivity contribution in [3.8, 4) is 5.75 Å². The number of hydrogen-bond donors (Lipinski definition) is 1. The first-order valence-corrected chi connectivity index (χ1v) is 4.82. The van der Waals surface area contributed by atoms with E-state index in [2.05, 4.69) is 4.98 Å². The number of hydrogen-bond acceptors (Lipinski definition) is 2. The Morgan fingerprint density at radius 2 is 1.62 bits per heavy atom. The second-order valence-electron chi connectivity index (χ2n) is 3.52. The molecule has 0 amide bonds. The minimum atomic E-state index is 0. The maximum Gasteiger partial charge on any atom is 0.125 e. The molecule has 0 spiro atoms. The van der Waals surface area contributed by atoms with Crippen molar-refractivity contribution in [3.05, 3.63) is 48.7 Å². The molecule has 0 aliphatic carbocycles. The van der Waals surface area contributed by atoms with Crippen LogP contribution >= 0.6 is 0 Å². The second kappa shape index (κ2) is 4.23. The van der Waals surface area contributed by atoms with E-state index in [9.17, 15) is 5.11 Å². The Bertz CT molecular complexity index is 652. The normalized spacial score (nSPS) is 10.2. The molecule has 0 atom stereocenters. The summed E-state index contributed by atoms with van der Waals surface area (Å²) >= 11 is 0. The second-order valence-corrected chi connectivity index (χ2v) is 3.52. The molecule has 0 aliphatic heterocycles. The molecule has 2 aromatic carbocycles. The summed E-state index contributed by atoms with van der Waals surface area (Å²) in [5, 5.41) is 12.7. The van der Waals surface area contributed by atoms with Gasteiger partial charge >= 0.3 is 0 Å². The van der Waals surface area contributed by atoms with Crippen LogP contribution in [-0.2, 0) is 21.1 Å². The molecule has 3 heteroatoms. The molecule has 16 heavy (non-hydrogen) atoms. The molecule has 0 aliphatic rings. The van der Waals surface area contributed by atoms with Crippen molar-refractivity contribution < 1.29 is 26.2 Å². The predicted molar refractivity (Wildman–Crippen MR) is 60.9 cm³/mol. The fourth-order valence-electron chi connectivity index (χ4n) is 1.90. The summed E-state index contributed by atoms with van der Waals surface area (Å²) in [7, 11) is 0. The Labute approximate surface area is 107 Å². The summed E-state index contributed by atoms with van der Waals surface area (Å²) in [6.45, 7) is 0. The van der Waals surface area contributed by atoms with Crippen LogP contribution in [-0.4, -0.2) is 10.1 Å². The van der Waals surface area contributed by atoms with Gasteiger partial charge in [-0.3, -0.25) is 4.98 Å². The number of pyridine rings is 1. The number of aromatic hydroxyl groups is 1. The van der Waals surface area contributed by atoms with Gasteiger partial charge in [-0.05, 0) is 17.5 Å². The molecule has 0 radical (unpaired) electrons. The van der Waals surface area contributed by atoms with Crippen LogP contribution in [0.15, 0.2) is 48.7 Å². The van der Waals surface area contributed by atoms with Crippen molar-refractivity contribution in [1.29, 1.82) is 0 Å². The van der Waals surface area contributed by atoms with Crippen molar-refractivity contribution in [2.45, 2.75) is 0 Å². The van der Waals surface area contributed by atoms with Gasteiger partial charge in [-0.1, -0.05) is 30.3 Å². The van der Waals surface area contributed by atoms with Crippen LogP contribution in [0.5, 0.6) is 5.75 Å². The van der Waals surface area contributed by atoms with E-state index in [1.165, 1.54) is 0 Å². The summed E-state index contributed by atoms with van der Waals surface area (Å²) in [5.74, 6) is 0.289. The number of fused-ring (bicyclic) bond motifs is 3. The van der Waals surface area contributed by atoms with Gasteiger partial charge in [0.25, 0.3) is 0 Å². The van der Waals surface area contributed by atoms with Crippen LogP contribution in [0.25, 0.3) is 21.7 Å². The van der Waals surface area contributed by atoms with E-state index in [4.69, 9.17) is 0 Å². The summed E-state index contributed by atoms with van der Waals surface area (Å²) in [4.78, 5) is 4.31. The van der Waals surface area contributed by atoms with E-state index in [1.807, 2.05) is 36.4 Å². The Hall–Kier alpha value is -1.40. The van der Waals surface area contributed by atoms with Gasteiger partial charge in [-0.2, -0.15) is 0 Å². The molecule has 2 nitrogen and oxygen atoms in total. The first kappa shape index (κ1) is 11.1. The molecular formula is C13H9NOPt. The number of rotatable bonds is 0. The molecule has 1 N–H and O–H groups in total. The summed E-state index contributed by atoms with van der Waals surface area (Å²) in [6.07, 6.45) is 1.74. The van der Waals surface area contributed by atoms with Gasteiger partial charge in [0.15, 0.2) is 0 Å². The predicted octanol–water partition coefficient (Wildman–Crippen LogP) is 3.09. The summed E-state index contributed by atoms with van der Waals surface area (Å²) in [5.41, 5.74) is 0.855. The molecule has 0 fully saturated rings. The third kappa shape index (κ3) is 1.59. The maximum atomic E-state index is 9.83. The van der Waals surface area contributed by atoms with E-state index in [0.717, 1.165) is 21.7 Å². The summed E-state index contributed by atoms with van der Waals surface area (Å²) < 4.78 is 0. The SMILES string of the molecule is Oc1cccc2ccc3cccnc3c12.[Pt]. The number of nitrogens with zero attached hydrogens (tertiary/aromatic N) is 1. The van der Waals surface area contributed by atoms with Gasteiger partial charge in [0.1, 0.15) is 5.75 Å². The molecule has 0 saturated heterocycles.